The van der Waals surface area contributed by atoms with Crippen molar-refractivity contribution in [3.8, 4) is 0 Å². The van der Waals surface area contributed by atoms with E-state index in [4.69, 9.17) is 9.40 Å². The Balaban J connectivity index is 1.69. The highest BCUT2D eigenvalue weighted by atomic mass is 16.3. The number of aromatic nitrogens is 2. The van der Waals surface area contributed by atoms with Gasteiger partial charge in [0.25, 0.3) is 0 Å². The Morgan fingerprint density at radius 2 is 2.12 bits per heavy atom. The second-order valence-corrected chi connectivity index (χ2v) is 7.56. The molecule has 2 aliphatic heterocycles. The molecule has 1 spiro atoms. The Labute approximate surface area is 149 Å². The topological polar surface area (TPSA) is 48.6 Å². The predicted molar refractivity (Wildman–Crippen MR) is 97.6 cm³/mol. The van der Waals surface area contributed by atoms with Gasteiger partial charge in [-0.05, 0) is 31.6 Å². The van der Waals surface area contributed by atoms with Gasteiger partial charge in [-0.25, -0.2) is 9.97 Å². The molecular formula is C19H27N5O. The van der Waals surface area contributed by atoms with Crippen LogP contribution in [0.2, 0.25) is 0 Å². The smallest absolute Gasteiger partial charge is 0.225 e. The predicted octanol–water partition coefficient (Wildman–Crippen LogP) is 2.11. The molecule has 4 rings (SSSR count). The summed E-state index contributed by atoms with van der Waals surface area (Å²) in [7, 11) is 4.01. The van der Waals surface area contributed by atoms with Gasteiger partial charge in [0.15, 0.2) is 0 Å². The zero-order valence-electron chi connectivity index (χ0n) is 15.4. The standard InChI is InChI=1S/C19H27N5O/c1-4-23-8-7-19(13-23)14-24(12-16-6-5-9-25-16)11-15-10-20-18(22(2)3)21-17(15)19/h5-6,9-10H,4,7-8,11-14H2,1-3H3. The van der Waals surface area contributed by atoms with Gasteiger partial charge in [0.2, 0.25) is 5.95 Å². The maximum Gasteiger partial charge on any atom is 0.225 e. The van der Waals surface area contributed by atoms with Gasteiger partial charge in [-0.1, -0.05) is 6.92 Å². The molecule has 25 heavy (non-hydrogen) atoms. The normalized spacial score (nSPS) is 24.0. The number of hydrogen-bond acceptors (Lipinski definition) is 6. The summed E-state index contributed by atoms with van der Waals surface area (Å²) in [5.74, 6) is 1.84. The first-order chi connectivity index (χ1) is 12.1. The third kappa shape index (κ3) is 3.04. The van der Waals surface area contributed by atoms with Gasteiger partial charge in [0.05, 0.1) is 18.5 Å². The summed E-state index contributed by atoms with van der Waals surface area (Å²) >= 11 is 0. The molecule has 2 aliphatic rings. The van der Waals surface area contributed by atoms with Crippen LogP contribution < -0.4 is 4.90 Å². The fourth-order valence-corrected chi connectivity index (χ4v) is 4.27. The molecule has 0 bridgehead atoms. The molecule has 1 atom stereocenters. The van der Waals surface area contributed by atoms with Gasteiger partial charge >= 0.3 is 0 Å². The molecule has 0 radical (unpaired) electrons. The van der Waals surface area contributed by atoms with Crippen LogP contribution in [-0.4, -0.2) is 60.0 Å². The molecule has 0 saturated carbocycles. The zero-order valence-corrected chi connectivity index (χ0v) is 15.4. The van der Waals surface area contributed by atoms with Crippen molar-refractivity contribution in [2.75, 3.05) is 45.2 Å². The second-order valence-electron chi connectivity index (χ2n) is 7.56. The van der Waals surface area contributed by atoms with Crippen LogP contribution in [-0.2, 0) is 18.5 Å². The average molecular weight is 341 g/mol. The molecule has 134 valence electrons. The Hall–Kier alpha value is -1.92. The minimum atomic E-state index is 0.101. The summed E-state index contributed by atoms with van der Waals surface area (Å²) in [4.78, 5) is 16.6. The van der Waals surface area contributed by atoms with E-state index in [1.165, 1.54) is 11.3 Å². The van der Waals surface area contributed by atoms with E-state index in [9.17, 15) is 0 Å². The van der Waals surface area contributed by atoms with Gasteiger partial charge < -0.3 is 14.2 Å². The molecule has 2 aromatic rings. The largest absolute Gasteiger partial charge is 0.468 e. The number of likely N-dealkylation sites (tertiary alicyclic amines) is 1. The molecule has 0 aliphatic carbocycles. The Bertz CT molecular complexity index is 729. The summed E-state index contributed by atoms with van der Waals surface area (Å²) in [5.41, 5.74) is 2.63. The monoisotopic (exact) mass is 341 g/mol. The first-order valence-corrected chi connectivity index (χ1v) is 9.10. The molecule has 6 heteroatoms. The third-order valence-electron chi connectivity index (χ3n) is 5.51. The molecule has 1 saturated heterocycles. The SMILES string of the molecule is CCN1CCC2(C1)CN(Cc1ccco1)Cc1cnc(N(C)C)nc12. The number of anilines is 1. The number of hydrogen-bond donors (Lipinski definition) is 0. The van der Waals surface area contributed by atoms with Crippen molar-refractivity contribution in [3.63, 3.8) is 0 Å². The Kier molecular flexibility index (Phi) is 4.25. The average Bonchev–Trinajstić information content (AvgIpc) is 3.25. The number of rotatable bonds is 4. The lowest BCUT2D eigenvalue weighted by Crippen LogP contribution is -2.48. The maximum atomic E-state index is 5.58. The minimum Gasteiger partial charge on any atom is -0.468 e. The number of fused-ring (bicyclic) bond motifs is 2. The van der Waals surface area contributed by atoms with E-state index < -0.39 is 0 Å². The molecule has 2 aromatic heterocycles. The van der Waals surface area contributed by atoms with Gasteiger partial charge in [-0.2, -0.15) is 0 Å². The van der Waals surface area contributed by atoms with E-state index in [0.29, 0.717) is 0 Å². The summed E-state index contributed by atoms with van der Waals surface area (Å²) in [6.45, 7) is 8.32. The number of nitrogens with zero attached hydrogens (tertiary/aromatic N) is 5. The third-order valence-corrected chi connectivity index (χ3v) is 5.51. The van der Waals surface area contributed by atoms with Crippen molar-refractivity contribution < 1.29 is 4.42 Å². The second kappa shape index (κ2) is 6.42. The van der Waals surface area contributed by atoms with Gasteiger partial charge in [0.1, 0.15) is 5.76 Å². The van der Waals surface area contributed by atoms with Crippen molar-refractivity contribution >= 4 is 5.95 Å². The van der Waals surface area contributed by atoms with Crippen LogP contribution in [0, 0.1) is 0 Å². The molecule has 6 nitrogen and oxygen atoms in total. The van der Waals surface area contributed by atoms with Gasteiger partial charge in [-0.3, -0.25) is 4.90 Å². The van der Waals surface area contributed by atoms with Crippen LogP contribution in [0.15, 0.2) is 29.0 Å². The van der Waals surface area contributed by atoms with Crippen LogP contribution in [0.3, 0.4) is 0 Å². The Morgan fingerprint density at radius 1 is 1.28 bits per heavy atom. The lowest BCUT2D eigenvalue weighted by molar-refractivity contribution is 0.153. The van der Waals surface area contributed by atoms with Crippen LogP contribution >= 0.6 is 0 Å². The van der Waals surface area contributed by atoms with E-state index in [1.54, 1.807) is 6.26 Å². The van der Waals surface area contributed by atoms with Crippen molar-refractivity contribution in [2.45, 2.75) is 31.8 Å². The lowest BCUT2D eigenvalue weighted by Gasteiger charge is -2.41. The van der Waals surface area contributed by atoms with E-state index in [2.05, 4.69) is 27.8 Å². The van der Waals surface area contributed by atoms with Crippen molar-refractivity contribution in [3.05, 3.63) is 41.6 Å². The molecule has 1 fully saturated rings. The van der Waals surface area contributed by atoms with Crippen LogP contribution in [0.25, 0.3) is 0 Å². The molecule has 1 unspecified atom stereocenters. The summed E-state index contributed by atoms with van der Waals surface area (Å²) in [6, 6.07) is 4.02. The highest BCUT2D eigenvalue weighted by Crippen LogP contribution is 2.40. The molecule has 0 aromatic carbocycles. The zero-order chi connectivity index (χ0) is 17.4. The Morgan fingerprint density at radius 3 is 2.80 bits per heavy atom. The maximum absolute atomic E-state index is 5.58. The lowest BCUT2D eigenvalue weighted by atomic mass is 9.78. The van der Waals surface area contributed by atoms with Gasteiger partial charge in [-0.15, -0.1) is 0 Å². The summed E-state index contributed by atoms with van der Waals surface area (Å²) in [6.07, 6.45) is 4.94. The fourth-order valence-electron chi connectivity index (χ4n) is 4.27. The quantitative estimate of drug-likeness (QED) is 0.849. The molecule has 4 heterocycles. The van der Waals surface area contributed by atoms with Crippen LogP contribution in [0.4, 0.5) is 5.95 Å². The highest BCUT2D eigenvalue weighted by Gasteiger charge is 2.46. The molecular weight excluding hydrogens is 314 g/mol. The highest BCUT2D eigenvalue weighted by molar-refractivity contribution is 5.38. The summed E-state index contributed by atoms with van der Waals surface area (Å²) in [5, 5.41) is 0. The van der Waals surface area contributed by atoms with E-state index in [-0.39, 0.29) is 5.41 Å². The fraction of sp³-hybridized carbons (Fsp3) is 0.579. The van der Waals surface area contributed by atoms with Crippen LogP contribution in [0.1, 0.15) is 30.4 Å². The van der Waals surface area contributed by atoms with Crippen molar-refractivity contribution in [2.24, 2.45) is 0 Å². The van der Waals surface area contributed by atoms with E-state index in [0.717, 1.165) is 57.4 Å². The molecule has 0 amide bonds. The number of furan rings is 1. The number of likely N-dealkylation sites (N-methyl/N-ethyl adjacent to an activating group) is 1. The van der Waals surface area contributed by atoms with E-state index >= 15 is 0 Å². The summed E-state index contributed by atoms with van der Waals surface area (Å²) < 4.78 is 5.58. The van der Waals surface area contributed by atoms with Crippen molar-refractivity contribution in [1.29, 1.82) is 0 Å². The van der Waals surface area contributed by atoms with Crippen molar-refractivity contribution in [1.82, 2.24) is 19.8 Å². The molecule has 0 N–H and O–H groups in total. The first-order valence-electron chi connectivity index (χ1n) is 9.10. The van der Waals surface area contributed by atoms with Crippen LogP contribution in [0.5, 0.6) is 0 Å². The minimum absolute atomic E-state index is 0.101. The first kappa shape index (κ1) is 16.5. The van der Waals surface area contributed by atoms with E-state index in [1.807, 2.05) is 31.3 Å². The van der Waals surface area contributed by atoms with Gasteiger partial charge in [0, 0.05) is 50.9 Å².